The van der Waals surface area contributed by atoms with Crippen LogP contribution in [-0.2, 0) is 4.74 Å². The van der Waals surface area contributed by atoms with Crippen molar-refractivity contribution in [2.24, 2.45) is 0 Å². The zero-order valence-corrected chi connectivity index (χ0v) is 14.9. The smallest absolute Gasteiger partial charge is 0.337 e. The van der Waals surface area contributed by atoms with Crippen molar-refractivity contribution in [3.63, 3.8) is 0 Å². The highest BCUT2D eigenvalue weighted by atomic mass is 16.5. The number of rotatable bonds is 5. The highest BCUT2D eigenvalue weighted by molar-refractivity contribution is 5.94. The average Bonchev–Trinajstić information content (AvgIpc) is 2.73. The van der Waals surface area contributed by atoms with Crippen molar-refractivity contribution in [2.75, 3.05) is 12.4 Å². The van der Waals surface area contributed by atoms with Gasteiger partial charge in [-0.1, -0.05) is 66.7 Å². The van der Waals surface area contributed by atoms with Crippen molar-refractivity contribution in [3.8, 4) is 0 Å². The van der Waals surface area contributed by atoms with Gasteiger partial charge in [-0.15, -0.1) is 0 Å². The van der Waals surface area contributed by atoms with Gasteiger partial charge in [0.1, 0.15) is 0 Å². The van der Waals surface area contributed by atoms with Gasteiger partial charge in [-0.2, -0.15) is 0 Å². The molecule has 3 aromatic carbocycles. The molecule has 0 unspecified atom stereocenters. The Morgan fingerprint density at radius 1 is 0.815 bits per heavy atom. The predicted molar refractivity (Wildman–Crippen MR) is 105 cm³/mol. The standard InChI is InChI=1S/C22H20N2O3/c1-27-21(25)18-13-8-14-19(15-18)23-22(26)24-20(16-9-4-2-5-10-16)17-11-6-3-7-12-17/h2-15,20H,1H3,(H2,23,24,26). The van der Waals surface area contributed by atoms with Gasteiger partial charge in [-0.3, -0.25) is 0 Å². The molecule has 0 aliphatic carbocycles. The van der Waals surface area contributed by atoms with Crippen LogP contribution in [0.25, 0.3) is 0 Å². The molecule has 5 nitrogen and oxygen atoms in total. The summed E-state index contributed by atoms with van der Waals surface area (Å²) in [5, 5.41) is 5.77. The molecule has 2 N–H and O–H groups in total. The molecule has 0 heterocycles. The number of benzene rings is 3. The number of urea groups is 1. The summed E-state index contributed by atoms with van der Waals surface area (Å²) in [6, 6.07) is 25.4. The molecule has 0 saturated carbocycles. The van der Waals surface area contributed by atoms with Crippen LogP contribution in [0.2, 0.25) is 0 Å². The van der Waals surface area contributed by atoms with E-state index >= 15 is 0 Å². The molecule has 0 aromatic heterocycles. The Hall–Kier alpha value is -3.60. The van der Waals surface area contributed by atoms with E-state index in [9.17, 15) is 9.59 Å². The molecule has 0 aliphatic rings. The van der Waals surface area contributed by atoms with Gasteiger partial charge in [0.15, 0.2) is 0 Å². The van der Waals surface area contributed by atoms with Crippen LogP contribution in [0.15, 0.2) is 84.9 Å². The fraction of sp³-hybridized carbons (Fsp3) is 0.0909. The summed E-state index contributed by atoms with van der Waals surface area (Å²) >= 11 is 0. The third-order valence-electron chi connectivity index (χ3n) is 4.08. The number of hydrogen-bond acceptors (Lipinski definition) is 3. The van der Waals surface area contributed by atoms with Crippen molar-refractivity contribution in [2.45, 2.75) is 6.04 Å². The van der Waals surface area contributed by atoms with E-state index in [-0.39, 0.29) is 12.1 Å². The largest absolute Gasteiger partial charge is 0.465 e. The Morgan fingerprint density at radius 2 is 1.41 bits per heavy atom. The van der Waals surface area contributed by atoms with E-state index in [0.717, 1.165) is 11.1 Å². The third-order valence-corrected chi connectivity index (χ3v) is 4.08. The van der Waals surface area contributed by atoms with Crippen LogP contribution < -0.4 is 10.6 Å². The summed E-state index contributed by atoms with van der Waals surface area (Å²) in [5.41, 5.74) is 2.83. The molecular weight excluding hydrogens is 340 g/mol. The molecule has 3 aromatic rings. The normalized spacial score (nSPS) is 10.3. The molecule has 0 bridgehead atoms. The molecule has 0 aliphatic heterocycles. The molecule has 3 rings (SSSR count). The Balaban J connectivity index is 1.78. The third kappa shape index (κ3) is 4.73. The molecule has 5 heteroatoms. The Labute approximate surface area is 158 Å². The fourth-order valence-corrected chi connectivity index (χ4v) is 2.79. The second-order valence-corrected chi connectivity index (χ2v) is 5.93. The monoisotopic (exact) mass is 360 g/mol. The first-order valence-electron chi connectivity index (χ1n) is 8.53. The first-order chi connectivity index (χ1) is 13.2. The van der Waals surface area contributed by atoms with Gasteiger partial charge in [-0.05, 0) is 29.3 Å². The lowest BCUT2D eigenvalue weighted by Gasteiger charge is -2.20. The van der Waals surface area contributed by atoms with Crippen LogP contribution in [0.1, 0.15) is 27.5 Å². The van der Waals surface area contributed by atoms with E-state index in [1.807, 2.05) is 60.7 Å². The van der Waals surface area contributed by atoms with Crippen LogP contribution in [0.4, 0.5) is 10.5 Å². The van der Waals surface area contributed by atoms with E-state index in [1.165, 1.54) is 7.11 Å². The second-order valence-electron chi connectivity index (χ2n) is 5.93. The number of amides is 2. The van der Waals surface area contributed by atoms with Crippen LogP contribution in [0, 0.1) is 0 Å². The van der Waals surface area contributed by atoms with Gasteiger partial charge >= 0.3 is 12.0 Å². The lowest BCUT2D eigenvalue weighted by atomic mass is 9.99. The number of nitrogens with one attached hydrogen (secondary N) is 2. The van der Waals surface area contributed by atoms with E-state index in [1.54, 1.807) is 24.3 Å². The second kappa shape index (κ2) is 8.67. The summed E-state index contributed by atoms with van der Waals surface area (Å²) in [5.74, 6) is -0.453. The van der Waals surface area contributed by atoms with Gasteiger partial charge in [0.25, 0.3) is 0 Å². The van der Waals surface area contributed by atoms with Gasteiger partial charge in [0.2, 0.25) is 0 Å². The van der Waals surface area contributed by atoms with E-state index < -0.39 is 5.97 Å². The Morgan fingerprint density at radius 3 is 1.96 bits per heavy atom. The van der Waals surface area contributed by atoms with E-state index in [0.29, 0.717) is 11.3 Å². The number of carbonyl (C=O) groups is 2. The number of ether oxygens (including phenoxy) is 1. The lowest BCUT2D eigenvalue weighted by Crippen LogP contribution is -2.33. The van der Waals surface area contributed by atoms with Crippen LogP contribution in [-0.4, -0.2) is 19.1 Å². The predicted octanol–water partition coefficient (Wildman–Crippen LogP) is 4.38. The highest BCUT2D eigenvalue weighted by Gasteiger charge is 2.17. The molecule has 136 valence electrons. The first-order valence-corrected chi connectivity index (χ1v) is 8.53. The summed E-state index contributed by atoms with van der Waals surface area (Å²) < 4.78 is 4.71. The number of hydrogen-bond donors (Lipinski definition) is 2. The lowest BCUT2D eigenvalue weighted by molar-refractivity contribution is 0.0600. The van der Waals surface area contributed by atoms with Crippen molar-refractivity contribution in [1.82, 2.24) is 5.32 Å². The first kappa shape index (κ1) is 18.2. The van der Waals surface area contributed by atoms with Crippen LogP contribution in [0.5, 0.6) is 0 Å². The number of methoxy groups -OCH3 is 1. The van der Waals surface area contributed by atoms with Crippen LogP contribution in [0.3, 0.4) is 0 Å². The highest BCUT2D eigenvalue weighted by Crippen LogP contribution is 2.22. The SMILES string of the molecule is COC(=O)c1cccc(NC(=O)NC(c2ccccc2)c2ccccc2)c1. The van der Waals surface area contributed by atoms with E-state index in [2.05, 4.69) is 10.6 Å². The maximum atomic E-state index is 12.6. The molecule has 0 atom stereocenters. The average molecular weight is 360 g/mol. The van der Waals surface area contributed by atoms with Crippen molar-refractivity contribution in [3.05, 3.63) is 102 Å². The fourth-order valence-electron chi connectivity index (χ4n) is 2.79. The molecule has 2 amide bonds. The van der Waals surface area contributed by atoms with Crippen molar-refractivity contribution >= 4 is 17.7 Å². The molecule has 0 radical (unpaired) electrons. The summed E-state index contributed by atoms with van der Waals surface area (Å²) in [7, 11) is 1.32. The topological polar surface area (TPSA) is 67.4 Å². The summed E-state index contributed by atoms with van der Waals surface area (Å²) in [6.45, 7) is 0. The van der Waals surface area contributed by atoms with E-state index in [4.69, 9.17) is 4.74 Å². The van der Waals surface area contributed by atoms with Crippen molar-refractivity contribution in [1.29, 1.82) is 0 Å². The number of anilines is 1. The molecule has 0 saturated heterocycles. The Bertz CT molecular complexity index is 872. The van der Waals surface area contributed by atoms with Gasteiger partial charge in [0.05, 0.1) is 18.7 Å². The van der Waals surface area contributed by atoms with Crippen LogP contribution >= 0.6 is 0 Å². The zero-order chi connectivity index (χ0) is 19.1. The minimum absolute atomic E-state index is 0.295. The van der Waals surface area contributed by atoms with Crippen molar-refractivity contribution < 1.29 is 14.3 Å². The minimum Gasteiger partial charge on any atom is -0.465 e. The summed E-state index contributed by atoms with van der Waals surface area (Å²) in [4.78, 5) is 24.2. The molecular formula is C22H20N2O3. The minimum atomic E-state index is -0.453. The number of esters is 1. The van der Waals surface area contributed by atoms with Gasteiger partial charge < -0.3 is 15.4 Å². The molecule has 27 heavy (non-hydrogen) atoms. The van der Waals surface area contributed by atoms with Gasteiger partial charge in [0, 0.05) is 5.69 Å². The maximum absolute atomic E-state index is 12.6. The summed E-state index contributed by atoms with van der Waals surface area (Å²) in [6.07, 6.45) is 0. The molecule has 0 fully saturated rings. The zero-order valence-electron chi connectivity index (χ0n) is 14.9. The Kier molecular flexibility index (Phi) is 5.84. The quantitative estimate of drug-likeness (QED) is 0.663. The number of carbonyl (C=O) groups excluding carboxylic acids is 2. The van der Waals surface area contributed by atoms with Gasteiger partial charge in [-0.25, -0.2) is 9.59 Å². The maximum Gasteiger partial charge on any atom is 0.337 e. The molecule has 0 spiro atoms.